The average Bonchev–Trinajstić information content (AvgIpc) is 3.56. The van der Waals surface area contributed by atoms with Gasteiger partial charge < -0.3 is 25.3 Å². The van der Waals surface area contributed by atoms with Gasteiger partial charge in [-0.15, -0.1) is 0 Å². The van der Waals surface area contributed by atoms with Crippen molar-refractivity contribution in [2.24, 2.45) is 12.8 Å². The average molecular weight is 756 g/mol. The number of nitrogens with two attached hydrogens (primary N) is 1. The molecule has 9 nitrogen and oxygen atoms in total. The van der Waals surface area contributed by atoms with E-state index in [1.807, 2.05) is 59.5 Å². The van der Waals surface area contributed by atoms with Crippen molar-refractivity contribution in [2.45, 2.75) is 44.9 Å². The van der Waals surface area contributed by atoms with Crippen LogP contribution in [0.25, 0.3) is 21.8 Å². The quantitative estimate of drug-likeness (QED) is 0.0759. The number of imidazole rings is 1. The maximum Gasteiger partial charge on any atom is 0.241 e. The number of carbonyl (C=O) groups excluding carboxylic acids is 1. The topological polar surface area (TPSA) is 112 Å². The highest BCUT2D eigenvalue weighted by molar-refractivity contribution is 5.98. The zero-order valence-corrected chi connectivity index (χ0v) is 32.4. The number of fused-ring (bicyclic) bond motifs is 2. The predicted octanol–water partition coefficient (Wildman–Crippen LogP) is 8.48. The summed E-state index contributed by atoms with van der Waals surface area (Å²) >= 11 is 0. The van der Waals surface area contributed by atoms with Gasteiger partial charge in [0.1, 0.15) is 24.0 Å². The summed E-state index contributed by atoms with van der Waals surface area (Å²) in [6.45, 7) is 3.03. The molecule has 0 atom stereocenters. The van der Waals surface area contributed by atoms with E-state index in [-0.39, 0.29) is 11.7 Å². The number of likely N-dealkylation sites (tertiary alicyclic amines) is 1. The molecule has 8 rings (SSSR count). The first-order chi connectivity index (χ1) is 27.9. The molecule has 0 bridgehead atoms. The van der Waals surface area contributed by atoms with E-state index in [1.165, 1.54) is 5.56 Å². The maximum atomic E-state index is 14.4. The Morgan fingerprint density at radius 3 is 2.35 bits per heavy atom. The fraction of sp³-hybridized carbons (Fsp3) is 0.229. The minimum atomic E-state index is 0.0712. The zero-order chi connectivity index (χ0) is 39.1. The van der Waals surface area contributed by atoms with Crippen molar-refractivity contribution in [2.75, 3.05) is 29.9 Å². The number of carbonyl (C=O) groups is 1. The minimum Gasteiger partial charge on any atom is -0.489 e. The number of benzene rings is 6. The lowest BCUT2D eigenvalue weighted by Crippen LogP contribution is -2.45. The van der Waals surface area contributed by atoms with E-state index < -0.39 is 0 Å². The van der Waals surface area contributed by atoms with Crippen LogP contribution in [-0.4, -0.2) is 51.9 Å². The van der Waals surface area contributed by atoms with Crippen LogP contribution in [0.5, 0.6) is 5.75 Å². The fourth-order valence-corrected chi connectivity index (χ4v) is 7.80. The number of amidine groups is 1. The molecule has 6 aromatic carbocycles. The van der Waals surface area contributed by atoms with E-state index in [0.717, 1.165) is 100 Å². The van der Waals surface area contributed by atoms with Crippen LogP contribution < -0.4 is 20.7 Å². The fourth-order valence-electron chi connectivity index (χ4n) is 7.80. The van der Waals surface area contributed by atoms with Gasteiger partial charge in [0.05, 0.1) is 24.1 Å². The van der Waals surface area contributed by atoms with Gasteiger partial charge in [0.25, 0.3) is 0 Å². The molecule has 0 aliphatic carbocycles. The number of anilines is 2. The molecule has 1 aliphatic heterocycles. The summed E-state index contributed by atoms with van der Waals surface area (Å²) in [4.78, 5) is 23.7. The monoisotopic (exact) mass is 755 g/mol. The summed E-state index contributed by atoms with van der Waals surface area (Å²) in [6.07, 6.45) is 3.48. The molecule has 1 fully saturated rings. The number of hydrogen-bond donors (Lipinski definition) is 3. The summed E-state index contributed by atoms with van der Waals surface area (Å²) in [6, 6.07) is 47.5. The van der Waals surface area contributed by atoms with E-state index in [1.54, 1.807) is 0 Å². The number of nitrogen functional groups attached to an aromatic ring is 1. The van der Waals surface area contributed by atoms with Crippen LogP contribution in [0.4, 0.5) is 11.4 Å². The Kier molecular flexibility index (Phi) is 11.3. The van der Waals surface area contributed by atoms with E-state index in [9.17, 15) is 4.79 Å². The SMILES string of the molecule is Cn1c(CCc2ccc(C(=N)N)cc2)nc2cc(N(Cc3cccc4ccccc34)C(=O)CN3CCC(Nc4ccc(OCc5ccccc5)cc4)CC3)ccc21. The molecule has 0 unspecified atom stereocenters. The molecular formula is C48H49N7O2. The molecule has 0 radical (unpaired) electrons. The third kappa shape index (κ3) is 9.00. The second kappa shape index (κ2) is 17.1. The molecule has 2 heterocycles. The van der Waals surface area contributed by atoms with Gasteiger partial charge in [-0.1, -0.05) is 97.1 Å². The Hall–Kier alpha value is -6.45. The number of ether oxygens (including phenoxy) is 1. The lowest BCUT2D eigenvalue weighted by Gasteiger charge is -2.34. The van der Waals surface area contributed by atoms with Gasteiger partial charge in [-0.2, -0.15) is 0 Å². The Balaban J connectivity index is 0.941. The second-order valence-corrected chi connectivity index (χ2v) is 15.0. The van der Waals surface area contributed by atoms with Gasteiger partial charge in [-0.3, -0.25) is 15.1 Å². The van der Waals surface area contributed by atoms with Crippen molar-refractivity contribution >= 4 is 44.9 Å². The lowest BCUT2D eigenvalue weighted by molar-refractivity contribution is -0.120. The molecule has 4 N–H and O–H groups in total. The zero-order valence-electron chi connectivity index (χ0n) is 32.4. The highest BCUT2D eigenvalue weighted by atomic mass is 16.5. The highest BCUT2D eigenvalue weighted by Gasteiger charge is 2.25. The molecule has 288 valence electrons. The van der Waals surface area contributed by atoms with E-state index in [4.69, 9.17) is 20.9 Å². The van der Waals surface area contributed by atoms with Crippen LogP contribution in [0.15, 0.2) is 140 Å². The van der Waals surface area contributed by atoms with Crippen LogP contribution in [-0.2, 0) is 37.8 Å². The number of amides is 1. The molecule has 1 aliphatic rings. The molecule has 7 aromatic rings. The van der Waals surface area contributed by atoms with Crippen LogP contribution >= 0.6 is 0 Å². The summed E-state index contributed by atoms with van der Waals surface area (Å²) in [5.74, 6) is 1.97. The van der Waals surface area contributed by atoms with Crippen molar-refractivity contribution in [3.8, 4) is 5.75 Å². The molecule has 0 spiro atoms. The largest absolute Gasteiger partial charge is 0.489 e. The first-order valence-corrected chi connectivity index (χ1v) is 19.8. The van der Waals surface area contributed by atoms with Gasteiger partial charge in [-0.25, -0.2) is 4.98 Å². The summed E-state index contributed by atoms with van der Waals surface area (Å²) in [5.41, 5.74) is 13.6. The number of rotatable bonds is 14. The van der Waals surface area contributed by atoms with Crippen LogP contribution in [0, 0.1) is 5.41 Å². The summed E-state index contributed by atoms with van der Waals surface area (Å²) < 4.78 is 8.12. The second-order valence-electron chi connectivity index (χ2n) is 15.0. The van der Waals surface area contributed by atoms with Gasteiger partial charge in [0.15, 0.2) is 0 Å². The molecule has 9 heteroatoms. The molecular weight excluding hydrogens is 707 g/mol. The van der Waals surface area contributed by atoms with Gasteiger partial charge >= 0.3 is 0 Å². The van der Waals surface area contributed by atoms with Crippen molar-refractivity contribution in [3.05, 3.63) is 168 Å². The highest BCUT2D eigenvalue weighted by Crippen LogP contribution is 2.28. The van der Waals surface area contributed by atoms with Gasteiger partial charge in [0.2, 0.25) is 5.91 Å². The van der Waals surface area contributed by atoms with Crippen LogP contribution in [0.1, 0.15) is 40.9 Å². The molecule has 1 amide bonds. The third-order valence-corrected chi connectivity index (χ3v) is 11.1. The van der Waals surface area contributed by atoms with Crippen molar-refractivity contribution in [3.63, 3.8) is 0 Å². The number of aryl methyl sites for hydroxylation is 3. The lowest BCUT2D eigenvalue weighted by atomic mass is 10.0. The van der Waals surface area contributed by atoms with Crippen molar-refractivity contribution in [1.82, 2.24) is 14.5 Å². The minimum absolute atomic E-state index is 0.0712. The van der Waals surface area contributed by atoms with Crippen LogP contribution in [0.2, 0.25) is 0 Å². The summed E-state index contributed by atoms with van der Waals surface area (Å²) in [7, 11) is 2.05. The van der Waals surface area contributed by atoms with E-state index >= 15 is 0 Å². The summed E-state index contributed by atoms with van der Waals surface area (Å²) in [5, 5.41) is 13.7. The number of hydrogen-bond acceptors (Lipinski definition) is 6. The maximum absolute atomic E-state index is 14.4. The van der Waals surface area contributed by atoms with Gasteiger partial charge in [0, 0.05) is 49.5 Å². The number of aromatic nitrogens is 2. The van der Waals surface area contributed by atoms with E-state index in [0.29, 0.717) is 25.7 Å². The predicted molar refractivity (Wildman–Crippen MR) is 231 cm³/mol. The molecule has 1 aromatic heterocycles. The Morgan fingerprint density at radius 2 is 1.58 bits per heavy atom. The molecule has 0 saturated carbocycles. The third-order valence-electron chi connectivity index (χ3n) is 11.1. The first-order valence-electron chi connectivity index (χ1n) is 19.8. The molecule has 1 saturated heterocycles. The van der Waals surface area contributed by atoms with Crippen molar-refractivity contribution in [1.29, 1.82) is 5.41 Å². The standard InChI is InChI=1S/C48H49N7O2/c1-53-45-24-21-41(30-44(45)52-46(53)25-16-34-14-17-37(18-15-34)48(49)50)55(31-38-12-7-11-36-10-5-6-13-43(36)38)47(56)32-54-28-26-40(27-29-54)51-39-19-22-42(23-20-39)57-33-35-8-3-2-4-9-35/h2-15,17-24,30,40,51H,16,25-29,31-33H2,1H3,(H3,49,50). The normalized spacial score (nSPS) is 13.5. The number of nitrogens with zero attached hydrogens (tertiary/aromatic N) is 4. The number of nitrogens with one attached hydrogen (secondary N) is 2. The van der Waals surface area contributed by atoms with Gasteiger partial charge in [-0.05, 0) is 89.2 Å². The smallest absolute Gasteiger partial charge is 0.241 e. The Labute approximate surface area is 334 Å². The van der Waals surface area contributed by atoms with Crippen LogP contribution in [0.3, 0.4) is 0 Å². The Morgan fingerprint density at radius 1 is 0.842 bits per heavy atom. The number of piperidine rings is 1. The molecule has 57 heavy (non-hydrogen) atoms. The first kappa shape index (κ1) is 37.5. The van der Waals surface area contributed by atoms with Crippen molar-refractivity contribution < 1.29 is 9.53 Å². The Bertz CT molecular complexity index is 2460. The van der Waals surface area contributed by atoms with E-state index in [2.05, 4.69) is 107 Å².